The molecule has 0 radical (unpaired) electrons. The molecule has 0 aromatic heterocycles. The van der Waals surface area contributed by atoms with E-state index in [4.69, 9.17) is 4.74 Å². The minimum atomic E-state index is -0.843. The number of rotatable bonds is 68. The van der Waals surface area contributed by atoms with E-state index in [2.05, 4.69) is 43.5 Å². The molecule has 2 unspecified atom stereocenters. The van der Waals surface area contributed by atoms with E-state index < -0.39 is 12.1 Å². The first kappa shape index (κ1) is 78.1. The maximum atomic E-state index is 12.5. The number of amides is 1. The summed E-state index contributed by atoms with van der Waals surface area (Å²) >= 11 is 0. The topological polar surface area (TPSA) is 95.9 Å². The summed E-state index contributed by atoms with van der Waals surface area (Å²) in [5.41, 5.74) is 0. The monoisotopic (exact) mass is 1120 g/mol. The second-order valence-corrected chi connectivity index (χ2v) is 24.9. The summed E-state index contributed by atoms with van der Waals surface area (Å²) in [6.45, 7) is 4.91. The Morgan fingerprint density at radius 2 is 0.625 bits per heavy atom. The molecule has 0 aromatic rings. The molecule has 0 aromatic carbocycles. The third-order valence-electron chi connectivity index (χ3n) is 16.9. The Bertz CT molecular complexity index is 1300. The predicted molar refractivity (Wildman–Crippen MR) is 352 cm³/mol. The van der Waals surface area contributed by atoms with Gasteiger partial charge < -0.3 is 20.3 Å². The maximum absolute atomic E-state index is 12.5. The van der Waals surface area contributed by atoms with Crippen LogP contribution in [0.3, 0.4) is 0 Å². The third kappa shape index (κ3) is 65.2. The lowest BCUT2D eigenvalue weighted by Crippen LogP contribution is -2.45. The van der Waals surface area contributed by atoms with Crippen LogP contribution in [0.25, 0.3) is 0 Å². The Balaban J connectivity index is 3.36. The Kier molecular flexibility index (Phi) is 67.9. The van der Waals surface area contributed by atoms with Gasteiger partial charge in [-0.3, -0.25) is 9.59 Å². The average Bonchev–Trinajstić information content (AvgIpc) is 3.46. The highest BCUT2D eigenvalue weighted by atomic mass is 16.5. The summed E-state index contributed by atoms with van der Waals surface area (Å²) in [5, 5.41) is 23.2. The second kappa shape index (κ2) is 69.6. The molecule has 0 aliphatic rings. The maximum Gasteiger partial charge on any atom is 0.305 e. The first-order valence-corrected chi connectivity index (χ1v) is 36.3. The molecule has 472 valence electrons. The number of carbonyl (C=O) groups is 2. The van der Waals surface area contributed by atoms with Gasteiger partial charge in [-0.25, -0.2) is 0 Å². The van der Waals surface area contributed by atoms with Crippen molar-refractivity contribution < 1.29 is 24.5 Å². The largest absolute Gasteiger partial charge is 0.466 e. The number of ether oxygens (including phenoxy) is 1. The van der Waals surface area contributed by atoms with Crippen LogP contribution in [-0.2, 0) is 14.3 Å². The van der Waals surface area contributed by atoms with Crippen molar-refractivity contribution in [3.63, 3.8) is 0 Å². The van der Waals surface area contributed by atoms with Gasteiger partial charge in [-0.15, -0.1) is 0 Å². The van der Waals surface area contributed by atoms with Gasteiger partial charge in [0.1, 0.15) is 0 Å². The van der Waals surface area contributed by atoms with Crippen LogP contribution in [0.4, 0.5) is 0 Å². The standard InChI is InChI=1S/C74H141NO5/c1-3-5-7-9-11-13-15-17-19-21-31-36-40-44-48-52-56-60-64-68-74(79)80-69-65-61-57-53-49-45-41-37-33-30-28-26-24-22-23-25-27-29-32-35-39-43-47-51-55-59-63-67-73(78)75-71(70-76)72(77)66-62-58-54-50-46-42-38-34-20-18-16-14-12-10-8-6-4-2/h11,13,17,19,62,66,71-72,76-77H,3-10,12,14-16,18,20-61,63-65,67-70H2,1-2H3,(H,75,78)/b13-11-,19-17-,66-62+. The molecule has 0 aliphatic heterocycles. The molecule has 1 amide bonds. The van der Waals surface area contributed by atoms with Crippen LogP contribution in [0.1, 0.15) is 399 Å². The van der Waals surface area contributed by atoms with Crippen molar-refractivity contribution in [1.82, 2.24) is 5.32 Å². The number of nitrogens with one attached hydrogen (secondary N) is 1. The van der Waals surface area contributed by atoms with Crippen molar-refractivity contribution in [2.45, 2.75) is 411 Å². The summed E-state index contributed by atoms with van der Waals surface area (Å²) in [6.07, 6.45) is 89.4. The predicted octanol–water partition coefficient (Wildman–Crippen LogP) is 23.5. The average molecular weight is 1120 g/mol. The summed E-state index contributed by atoms with van der Waals surface area (Å²) in [5.74, 6) is -0.0479. The highest BCUT2D eigenvalue weighted by molar-refractivity contribution is 5.76. The zero-order valence-electron chi connectivity index (χ0n) is 54.1. The minimum absolute atomic E-state index is 0.0144. The normalized spacial score (nSPS) is 12.7. The van der Waals surface area contributed by atoms with Crippen LogP contribution in [0.5, 0.6) is 0 Å². The second-order valence-electron chi connectivity index (χ2n) is 24.9. The summed E-state index contributed by atoms with van der Waals surface area (Å²) < 4.78 is 5.51. The molecule has 6 nitrogen and oxygen atoms in total. The molecule has 0 heterocycles. The zero-order chi connectivity index (χ0) is 57.8. The fraction of sp³-hybridized carbons (Fsp3) is 0.892. The number of aliphatic hydroxyl groups excluding tert-OH is 2. The van der Waals surface area contributed by atoms with E-state index in [-0.39, 0.29) is 18.5 Å². The number of esters is 1. The quantitative estimate of drug-likeness (QED) is 0.0320. The summed E-state index contributed by atoms with van der Waals surface area (Å²) in [4.78, 5) is 24.6. The van der Waals surface area contributed by atoms with Crippen LogP contribution in [-0.4, -0.2) is 47.4 Å². The minimum Gasteiger partial charge on any atom is -0.466 e. The Morgan fingerprint density at radius 1 is 0.350 bits per heavy atom. The van der Waals surface area contributed by atoms with Gasteiger partial charge in [-0.05, 0) is 64.2 Å². The first-order chi connectivity index (χ1) is 39.5. The molecular formula is C74H141NO5. The molecule has 80 heavy (non-hydrogen) atoms. The molecule has 0 rings (SSSR count). The van der Waals surface area contributed by atoms with Crippen molar-refractivity contribution in [1.29, 1.82) is 0 Å². The number of hydrogen-bond donors (Lipinski definition) is 3. The summed E-state index contributed by atoms with van der Waals surface area (Å²) in [7, 11) is 0. The fourth-order valence-electron chi connectivity index (χ4n) is 11.4. The number of unbranched alkanes of at least 4 members (excludes halogenated alkanes) is 53. The lowest BCUT2D eigenvalue weighted by molar-refractivity contribution is -0.143. The number of allylic oxidation sites excluding steroid dienone is 5. The molecule has 0 spiro atoms. The van der Waals surface area contributed by atoms with E-state index in [1.165, 1.54) is 321 Å². The van der Waals surface area contributed by atoms with Crippen molar-refractivity contribution in [2.24, 2.45) is 0 Å². The Hall–Kier alpha value is -1.92. The van der Waals surface area contributed by atoms with E-state index in [0.717, 1.165) is 51.4 Å². The molecule has 0 bridgehead atoms. The summed E-state index contributed by atoms with van der Waals surface area (Å²) in [6, 6.07) is -0.626. The third-order valence-corrected chi connectivity index (χ3v) is 16.9. The lowest BCUT2D eigenvalue weighted by atomic mass is 10.0. The van der Waals surface area contributed by atoms with Crippen LogP contribution in [0.2, 0.25) is 0 Å². The van der Waals surface area contributed by atoms with Crippen molar-refractivity contribution in [3.8, 4) is 0 Å². The van der Waals surface area contributed by atoms with Crippen LogP contribution in [0, 0.1) is 0 Å². The number of aliphatic hydroxyl groups is 2. The molecule has 0 saturated heterocycles. The van der Waals surface area contributed by atoms with Crippen molar-refractivity contribution in [3.05, 3.63) is 36.5 Å². The Morgan fingerprint density at radius 3 is 0.975 bits per heavy atom. The highest BCUT2D eigenvalue weighted by Crippen LogP contribution is 2.19. The first-order valence-electron chi connectivity index (χ1n) is 36.3. The van der Waals surface area contributed by atoms with E-state index in [9.17, 15) is 19.8 Å². The van der Waals surface area contributed by atoms with Gasteiger partial charge in [-0.1, -0.05) is 359 Å². The van der Waals surface area contributed by atoms with Gasteiger partial charge in [0.15, 0.2) is 0 Å². The van der Waals surface area contributed by atoms with E-state index in [1.807, 2.05) is 6.08 Å². The van der Waals surface area contributed by atoms with Crippen molar-refractivity contribution >= 4 is 11.9 Å². The van der Waals surface area contributed by atoms with E-state index in [0.29, 0.717) is 19.4 Å². The van der Waals surface area contributed by atoms with Crippen LogP contribution in [0.15, 0.2) is 36.5 Å². The zero-order valence-corrected chi connectivity index (χ0v) is 54.1. The van der Waals surface area contributed by atoms with Crippen LogP contribution < -0.4 is 5.32 Å². The molecule has 3 N–H and O–H groups in total. The van der Waals surface area contributed by atoms with E-state index in [1.54, 1.807) is 6.08 Å². The lowest BCUT2D eigenvalue weighted by Gasteiger charge is -2.20. The molecule has 6 heteroatoms. The molecule has 0 fully saturated rings. The molecule has 0 aliphatic carbocycles. The van der Waals surface area contributed by atoms with Gasteiger partial charge in [0.25, 0.3) is 0 Å². The number of hydrogen-bond acceptors (Lipinski definition) is 5. The molecular weight excluding hydrogens is 983 g/mol. The van der Waals surface area contributed by atoms with Gasteiger partial charge in [0.05, 0.1) is 25.4 Å². The highest BCUT2D eigenvalue weighted by Gasteiger charge is 2.18. The molecule has 2 atom stereocenters. The van der Waals surface area contributed by atoms with Gasteiger partial charge in [-0.2, -0.15) is 0 Å². The smallest absolute Gasteiger partial charge is 0.305 e. The van der Waals surface area contributed by atoms with Gasteiger partial charge in [0.2, 0.25) is 5.91 Å². The van der Waals surface area contributed by atoms with Gasteiger partial charge >= 0.3 is 5.97 Å². The number of carbonyl (C=O) groups excluding carboxylic acids is 2. The SMILES string of the molecule is CCCCC/C=C\C/C=C\CCCCCCCCCCCC(=O)OCCCCCCCCCCCCCCCCCCCCCCCCCCCCCC(=O)NC(CO)C(O)/C=C/CCCCCCCCCCCCCCCCC. The molecule has 0 saturated carbocycles. The van der Waals surface area contributed by atoms with Gasteiger partial charge in [0, 0.05) is 12.8 Å². The van der Waals surface area contributed by atoms with Crippen molar-refractivity contribution in [2.75, 3.05) is 13.2 Å². The fourth-order valence-corrected chi connectivity index (χ4v) is 11.4. The van der Waals surface area contributed by atoms with E-state index >= 15 is 0 Å². The Labute approximate surface area is 500 Å². The van der Waals surface area contributed by atoms with Crippen LogP contribution >= 0.6 is 0 Å².